The summed E-state index contributed by atoms with van der Waals surface area (Å²) in [7, 11) is 1.65. The number of ether oxygens (including phenoxy) is 1. The van der Waals surface area contributed by atoms with Crippen molar-refractivity contribution < 1.29 is 14.3 Å². The third kappa shape index (κ3) is 3.11. The SMILES string of the molecule is COc1ccccc1Cc1nc(CC(C)O)co1. The van der Waals surface area contributed by atoms with Gasteiger partial charge < -0.3 is 14.3 Å². The van der Waals surface area contributed by atoms with Crippen molar-refractivity contribution in [3.8, 4) is 5.75 Å². The van der Waals surface area contributed by atoms with Gasteiger partial charge in [0.15, 0.2) is 5.89 Å². The average Bonchev–Trinajstić information content (AvgIpc) is 2.76. The molecule has 2 rings (SSSR count). The van der Waals surface area contributed by atoms with Crippen molar-refractivity contribution in [3.63, 3.8) is 0 Å². The molecular weight excluding hydrogens is 230 g/mol. The maximum Gasteiger partial charge on any atom is 0.198 e. The van der Waals surface area contributed by atoms with Gasteiger partial charge in [-0.1, -0.05) is 18.2 Å². The highest BCUT2D eigenvalue weighted by Crippen LogP contribution is 2.20. The zero-order valence-electron chi connectivity index (χ0n) is 10.6. The van der Waals surface area contributed by atoms with E-state index < -0.39 is 6.10 Å². The maximum absolute atomic E-state index is 9.29. The average molecular weight is 247 g/mol. The summed E-state index contributed by atoms with van der Waals surface area (Å²) in [6, 6.07) is 7.78. The van der Waals surface area contributed by atoms with E-state index in [2.05, 4.69) is 4.98 Å². The molecule has 1 N–H and O–H groups in total. The number of oxazole rings is 1. The highest BCUT2D eigenvalue weighted by atomic mass is 16.5. The molecule has 2 aromatic rings. The summed E-state index contributed by atoms with van der Waals surface area (Å²) < 4.78 is 10.7. The predicted octanol–water partition coefficient (Wildman–Crippen LogP) is 2.20. The molecule has 1 aromatic heterocycles. The van der Waals surface area contributed by atoms with Crippen molar-refractivity contribution in [2.75, 3.05) is 7.11 Å². The topological polar surface area (TPSA) is 55.5 Å². The van der Waals surface area contributed by atoms with Crippen LogP contribution in [0.2, 0.25) is 0 Å². The molecule has 4 heteroatoms. The molecule has 0 amide bonds. The van der Waals surface area contributed by atoms with E-state index in [0.717, 1.165) is 17.0 Å². The van der Waals surface area contributed by atoms with Gasteiger partial charge >= 0.3 is 0 Å². The minimum atomic E-state index is -0.408. The van der Waals surface area contributed by atoms with Crippen LogP contribution >= 0.6 is 0 Å². The van der Waals surface area contributed by atoms with Gasteiger partial charge in [0.2, 0.25) is 0 Å². The lowest BCUT2D eigenvalue weighted by Gasteiger charge is -2.05. The molecule has 0 fully saturated rings. The molecule has 0 saturated heterocycles. The van der Waals surface area contributed by atoms with Gasteiger partial charge in [-0.05, 0) is 13.0 Å². The minimum Gasteiger partial charge on any atom is -0.496 e. The zero-order chi connectivity index (χ0) is 13.0. The first kappa shape index (κ1) is 12.6. The zero-order valence-corrected chi connectivity index (χ0v) is 10.6. The third-order valence-electron chi connectivity index (χ3n) is 2.64. The van der Waals surface area contributed by atoms with Crippen molar-refractivity contribution in [2.45, 2.75) is 25.9 Å². The fourth-order valence-electron chi connectivity index (χ4n) is 1.84. The van der Waals surface area contributed by atoms with Crippen LogP contribution in [0.3, 0.4) is 0 Å². The highest BCUT2D eigenvalue weighted by Gasteiger charge is 2.09. The van der Waals surface area contributed by atoms with E-state index in [1.807, 2.05) is 24.3 Å². The predicted molar refractivity (Wildman–Crippen MR) is 67.7 cm³/mol. The molecule has 0 aliphatic rings. The van der Waals surface area contributed by atoms with Gasteiger partial charge in [-0.2, -0.15) is 0 Å². The Hall–Kier alpha value is -1.81. The summed E-state index contributed by atoms with van der Waals surface area (Å²) in [6.07, 6.45) is 2.28. The summed E-state index contributed by atoms with van der Waals surface area (Å²) in [5.74, 6) is 1.46. The van der Waals surface area contributed by atoms with Crippen LogP contribution in [0.5, 0.6) is 5.75 Å². The summed E-state index contributed by atoms with van der Waals surface area (Å²) >= 11 is 0. The van der Waals surface area contributed by atoms with Crippen LogP contribution in [-0.4, -0.2) is 23.3 Å². The number of aliphatic hydroxyl groups excluding tert-OH is 1. The summed E-state index contributed by atoms with van der Waals surface area (Å²) in [5, 5.41) is 9.29. The minimum absolute atomic E-state index is 0.408. The molecule has 0 spiro atoms. The van der Waals surface area contributed by atoms with Crippen LogP contribution in [0.4, 0.5) is 0 Å². The second-order valence-corrected chi connectivity index (χ2v) is 4.27. The van der Waals surface area contributed by atoms with Crippen molar-refractivity contribution in [3.05, 3.63) is 47.7 Å². The largest absolute Gasteiger partial charge is 0.496 e. The van der Waals surface area contributed by atoms with Gasteiger partial charge in [0.05, 0.1) is 25.3 Å². The molecule has 0 aliphatic carbocycles. The van der Waals surface area contributed by atoms with Crippen molar-refractivity contribution in [1.82, 2.24) is 4.98 Å². The first-order chi connectivity index (χ1) is 8.69. The van der Waals surface area contributed by atoms with E-state index in [-0.39, 0.29) is 0 Å². The van der Waals surface area contributed by atoms with Gasteiger partial charge in [-0.15, -0.1) is 0 Å². The number of rotatable bonds is 5. The van der Waals surface area contributed by atoms with Crippen molar-refractivity contribution >= 4 is 0 Å². The highest BCUT2D eigenvalue weighted by molar-refractivity contribution is 5.35. The Morgan fingerprint density at radius 2 is 2.17 bits per heavy atom. The van der Waals surface area contributed by atoms with Crippen LogP contribution in [0.1, 0.15) is 24.1 Å². The molecule has 1 atom stereocenters. The first-order valence-electron chi connectivity index (χ1n) is 5.92. The van der Waals surface area contributed by atoms with Crippen LogP contribution in [0.25, 0.3) is 0 Å². The molecule has 1 aromatic carbocycles. The van der Waals surface area contributed by atoms with E-state index >= 15 is 0 Å². The lowest BCUT2D eigenvalue weighted by molar-refractivity contribution is 0.194. The quantitative estimate of drug-likeness (QED) is 0.880. The molecule has 96 valence electrons. The summed E-state index contributed by atoms with van der Waals surface area (Å²) in [6.45, 7) is 1.73. The Labute approximate surface area is 106 Å². The number of benzene rings is 1. The fourth-order valence-corrected chi connectivity index (χ4v) is 1.84. The van der Waals surface area contributed by atoms with Gasteiger partial charge in [0.1, 0.15) is 12.0 Å². The van der Waals surface area contributed by atoms with Gasteiger partial charge in [-0.25, -0.2) is 4.98 Å². The summed E-state index contributed by atoms with van der Waals surface area (Å²) in [4.78, 5) is 4.34. The van der Waals surface area contributed by atoms with E-state index in [1.165, 1.54) is 0 Å². The smallest absolute Gasteiger partial charge is 0.198 e. The van der Waals surface area contributed by atoms with Crippen LogP contribution in [-0.2, 0) is 12.8 Å². The van der Waals surface area contributed by atoms with Gasteiger partial charge in [-0.3, -0.25) is 0 Å². The number of aromatic nitrogens is 1. The fraction of sp³-hybridized carbons (Fsp3) is 0.357. The van der Waals surface area contributed by atoms with E-state index in [0.29, 0.717) is 18.7 Å². The molecule has 4 nitrogen and oxygen atoms in total. The van der Waals surface area contributed by atoms with Crippen molar-refractivity contribution in [2.24, 2.45) is 0 Å². The molecular formula is C14H17NO3. The van der Waals surface area contributed by atoms with Crippen LogP contribution in [0, 0.1) is 0 Å². The standard InChI is InChI=1S/C14H17NO3/c1-10(16)7-12-9-18-14(15-12)8-11-5-3-4-6-13(11)17-2/h3-6,9-10,16H,7-8H2,1-2H3. The number of para-hydroxylation sites is 1. The molecule has 0 saturated carbocycles. The number of hydrogen-bond donors (Lipinski definition) is 1. The number of hydrogen-bond acceptors (Lipinski definition) is 4. The lowest BCUT2D eigenvalue weighted by Crippen LogP contribution is -2.04. The van der Waals surface area contributed by atoms with E-state index in [1.54, 1.807) is 20.3 Å². The first-order valence-corrected chi connectivity index (χ1v) is 5.92. The number of nitrogens with zero attached hydrogens (tertiary/aromatic N) is 1. The Bertz CT molecular complexity index is 505. The molecule has 1 heterocycles. The normalized spacial score (nSPS) is 12.4. The molecule has 18 heavy (non-hydrogen) atoms. The van der Waals surface area contributed by atoms with Crippen molar-refractivity contribution in [1.29, 1.82) is 0 Å². The Morgan fingerprint density at radius 1 is 1.39 bits per heavy atom. The Balaban J connectivity index is 2.11. The van der Waals surface area contributed by atoms with Crippen LogP contribution < -0.4 is 4.74 Å². The number of methoxy groups -OCH3 is 1. The molecule has 0 radical (unpaired) electrons. The van der Waals surface area contributed by atoms with Crippen LogP contribution in [0.15, 0.2) is 34.9 Å². The molecule has 0 aliphatic heterocycles. The summed E-state index contributed by atoms with van der Waals surface area (Å²) in [5.41, 5.74) is 1.81. The van der Waals surface area contributed by atoms with E-state index in [4.69, 9.17) is 9.15 Å². The monoisotopic (exact) mass is 247 g/mol. The van der Waals surface area contributed by atoms with Gasteiger partial charge in [0.25, 0.3) is 0 Å². The number of aliphatic hydroxyl groups is 1. The maximum atomic E-state index is 9.29. The second kappa shape index (κ2) is 5.69. The Morgan fingerprint density at radius 3 is 2.89 bits per heavy atom. The molecule has 0 bridgehead atoms. The third-order valence-corrected chi connectivity index (χ3v) is 2.64. The second-order valence-electron chi connectivity index (χ2n) is 4.27. The van der Waals surface area contributed by atoms with E-state index in [9.17, 15) is 5.11 Å². The van der Waals surface area contributed by atoms with Gasteiger partial charge in [0, 0.05) is 12.0 Å². The lowest BCUT2D eigenvalue weighted by atomic mass is 10.1. The Kier molecular flexibility index (Phi) is 3.99. The molecule has 1 unspecified atom stereocenters.